The molecule has 26 heavy (non-hydrogen) atoms. The zero-order valence-electron chi connectivity index (χ0n) is 14.5. The first-order valence-electron chi connectivity index (χ1n) is 8.34. The molecule has 0 fully saturated rings. The summed E-state index contributed by atoms with van der Waals surface area (Å²) in [6, 6.07) is 15.9. The predicted molar refractivity (Wildman–Crippen MR) is 97.5 cm³/mol. The number of pyridine rings is 1. The zero-order chi connectivity index (χ0) is 18.4. The van der Waals surface area contributed by atoms with Crippen molar-refractivity contribution in [2.75, 3.05) is 13.2 Å². The van der Waals surface area contributed by atoms with Gasteiger partial charge in [-0.3, -0.25) is 9.59 Å². The van der Waals surface area contributed by atoms with Gasteiger partial charge in [0.2, 0.25) is 0 Å². The lowest BCUT2D eigenvalue weighted by molar-refractivity contribution is 0.0917. The van der Waals surface area contributed by atoms with Crippen LogP contribution in [0.5, 0.6) is 5.75 Å². The largest absolute Gasteiger partial charge is 0.492 e. The number of amides is 1. The average molecular weight is 352 g/mol. The Morgan fingerprint density at radius 1 is 1.12 bits per heavy atom. The molecule has 1 N–H and O–H groups in total. The Morgan fingerprint density at radius 3 is 2.69 bits per heavy atom. The van der Waals surface area contributed by atoms with Crippen LogP contribution < -0.4 is 15.6 Å². The molecule has 2 heterocycles. The van der Waals surface area contributed by atoms with Crippen molar-refractivity contribution in [2.45, 2.75) is 13.5 Å². The van der Waals surface area contributed by atoms with Gasteiger partial charge in [-0.2, -0.15) is 0 Å². The van der Waals surface area contributed by atoms with E-state index in [4.69, 9.17) is 9.15 Å². The second-order valence-corrected chi connectivity index (χ2v) is 5.85. The summed E-state index contributed by atoms with van der Waals surface area (Å²) in [5, 5.41) is 2.74. The topological polar surface area (TPSA) is 73.5 Å². The lowest BCUT2D eigenvalue weighted by Gasteiger charge is -2.07. The summed E-state index contributed by atoms with van der Waals surface area (Å²) >= 11 is 0. The normalized spacial score (nSPS) is 10.5. The molecule has 0 saturated carbocycles. The van der Waals surface area contributed by atoms with Gasteiger partial charge < -0.3 is 19.0 Å². The molecule has 0 bridgehead atoms. The zero-order valence-corrected chi connectivity index (χ0v) is 14.5. The van der Waals surface area contributed by atoms with E-state index < -0.39 is 0 Å². The predicted octanol–water partition coefficient (Wildman–Crippen LogP) is 2.61. The van der Waals surface area contributed by atoms with Crippen molar-refractivity contribution in [3.05, 3.63) is 88.2 Å². The Hall–Kier alpha value is -3.28. The molecule has 134 valence electrons. The molecule has 2 aromatic heterocycles. The van der Waals surface area contributed by atoms with E-state index in [2.05, 4.69) is 5.32 Å². The third kappa shape index (κ3) is 4.63. The lowest BCUT2D eigenvalue weighted by atomic mass is 10.2. The quantitative estimate of drug-likeness (QED) is 0.664. The third-order valence-electron chi connectivity index (χ3n) is 3.79. The third-order valence-corrected chi connectivity index (χ3v) is 3.79. The first kappa shape index (κ1) is 17.5. The van der Waals surface area contributed by atoms with Crippen molar-refractivity contribution < 1.29 is 13.9 Å². The number of carbonyl (C=O) groups excluding carboxylic acids is 1. The monoisotopic (exact) mass is 352 g/mol. The standard InChI is InChI=1S/C20H20N2O4/c1-15-5-7-16(8-6-15)25-13-11-21-20(24)18-10-9-17(26-18)14-22-12-3-2-4-19(22)23/h2-10,12H,11,13-14H2,1H3,(H,21,24). The Kier molecular flexibility index (Phi) is 5.53. The molecule has 1 amide bonds. The van der Waals surface area contributed by atoms with Crippen LogP contribution in [0.15, 0.2) is 70.0 Å². The summed E-state index contributed by atoms with van der Waals surface area (Å²) in [4.78, 5) is 23.8. The molecule has 0 atom stereocenters. The number of ether oxygens (including phenoxy) is 1. The van der Waals surface area contributed by atoms with Crippen LogP contribution in [-0.4, -0.2) is 23.6 Å². The maximum absolute atomic E-state index is 12.1. The SMILES string of the molecule is Cc1ccc(OCCNC(=O)c2ccc(Cn3ccccc3=O)o2)cc1. The van der Waals surface area contributed by atoms with Gasteiger partial charge in [0.05, 0.1) is 13.1 Å². The van der Waals surface area contributed by atoms with E-state index in [-0.39, 0.29) is 23.8 Å². The van der Waals surface area contributed by atoms with E-state index in [1.54, 1.807) is 30.5 Å². The van der Waals surface area contributed by atoms with Crippen molar-refractivity contribution in [3.8, 4) is 5.75 Å². The van der Waals surface area contributed by atoms with Gasteiger partial charge in [-0.25, -0.2) is 0 Å². The number of nitrogens with zero attached hydrogens (tertiary/aromatic N) is 1. The highest BCUT2D eigenvalue weighted by Gasteiger charge is 2.11. The highest BCUT2D eigenvalue weighted by Crippen LogP contribution is 2.11. The number of aromatic nitrogens is 1. The Morgan fingerprint density at radius 2 is 1.92 bits per heavy atom. The van der Waals surface area contributed by atoms with Crippen LogP contribution in [0.4, 0.5) is 0 Å². The number of hydrogen-bond donors (Lipinski definition) is 1. The van der Waals surface area contributed by atoms with Crippen LogP contribution in [0.2, 0.25) is 0 Å². The first-order chi connectivity index (χ1) is 12.6. The van der Waals surface area contributed by atoms with E-state index in [9.17, 15) is 9.59 Å². The molecule has 1 aromatic carbocycles. The number of aryl methyl sites for hydroxylation is 1. The summed E-state index contributed by atoms with van der Waals surface area (Å²) in [5.74, 6) is 1.20. The van der Waals surface area contributed by atoms with Gasteiger partial charge in [0.15, 0.2) is 5.76 Å². The Balaban J connectivity index is 1.48. The molecule has 0 radical (unpaired) electrons. The van der Waals surface area contributed by atoms with Gasteiger partial charge in [-0.1, -0.05) is 23.8 Å². The van der Waals surface area contributed by atoms with Gasteiger partial charge in [-0.05, 0) is 37.3 Å². The molecule has 3 rings (SSSR count). The van der Waals surface area contributed by atoms with Gasteiger partial charge in [0.1, 0.15) is 18.1 Å². The molecular weight excluding hydrogens is 332 g/mol. The molecule has 6 heteroatoms. The van der Waals surface area contributed by atoms with Gasteiger partial charge in [0.25, 0.3) is 11.5 Å². The molecule has 3 aromatic rings. The number of rotatable bonds is 7. The van der Waals surface area contributed by atoms with Gasteiger partial charge in [0, 0.05) is 12.3 Å². The molecule has 0 saturated heterocycles. The molecule has 0 unspecified atom stereocenters. The van der Waals surface area contributed by atoms with Gasteiger partial charge in [-0.15, -0.1) is 0 Å². The summed E-state index contributed by atoms with van der Waals surface area (Å²) in [7, 11) is 0. The van der Waals surface area contributed by atoms with Crippen molar-refractivity contribution in [1.82, 2.24) is 9.88 Å². The number of nitrogens with one attached hydrogen (secondary N) is 1. The number of benzene rings is 1. The van der Waals surface area contributed by atoms with Crippen LogP contribution in [0.3, 0.4) is 0 Å². The maximum atomic E-state index is 12.1. The van der Waals surface area contributed by atoms with Crippen LogP contribution in [0.25, 0.3) is 0 Å². The fraction of sp³-hybridized carbons (Fsp3) is 0.200. The molecular formula is C20H20N2O4. The van der Waals surface area contributed by atoms with E-state index in [1.807, 2.05) is 31.2 Å². The highest BCUT2D eigenvalue weighted by atomic mass is 16.5. The second-order valence-electron chi connectivity index (χ2n) is 5.85. The molecule has 0 aliphatic carbocycles. The minimum atomic E-state index is -0.316. The molecule has 0 aliphatic rings. The summed E-state index contributed by atoms with van der Waals surface area (Å²) in [6.07, 6.45) is 1.67. The van der Waals surface area contributed by atoms with Crippen LogP contribution >= 0.6 is 0 Å². The lowest BCUT2D eigenvalue weighted by Crippen LogP contribution is -2.27. The highest BCUT2D eigenvalue weighted by molar-refractivity contribution is 5.91. The maximum Gasteiger partial charge on any atom is 0.287 e. The minimum Gasteiger partial charge on any atom is -0.492 e. The Labute approximate surface area is 151 Å². The van der Waals surface area contributed by atoms with Gasteiger partial charge >= 0.3 is 0 Å². The van der Waals surface area contributed by atoms with E-state index in [0.29, 0.717) is 18.9 Å². The molecule has 0 aliphatic heterocycles. The molecule has 6 nitrogen and oxygen atoms in total. The van der Waals surface area contributed by atoms with Crippen LogP contribution in [0.1, 0.15) is 21.9 Å². The fourth-order valence-electron chi connectivity index (χ4n) is 2.40. The molecule has 0 spiro atoms. The summed E-state index contributed by atoms with van der Waals surface area (Å²) < 4.78 is 12.6. The average Bonchev–Trinajstić information content (AvgIpc) is 3.11. The number of hydrogen-bond acceptors (Lipinski definition) is 4. The smallest absolute Gasteiger partial charge is 0.287 e. The van der Waals surface area contributed by atoms with Crippen LogP contribution in [0, 0.1) is 6.92 Å². The van der Waals surface area contributed by atoms with E-state index in [0.717, 1.165) is 11.3 Å². The van der Waals surface area contributed by atoms with E-state index >= 15 is 0 Å². The van der Waals surface area contributed by atoms with E-state index in [1.165, 1.54) is 10.6 Å². The first-order valence-corrected chi connectivity index (χ1v) is 8.34. The second kappa shape index (κ2) is 8.20. The summed E-state index contributed by atoms with van der Waals surface area (Å²) in [5.41, 5.74) is 1.04. The minimum absolute atomic E-state index is 0.122. The number of furan rings is 1. The van der Waals surface area contributed by atoms with Crippen molar-refractivity contribution in [1.29, 1.82) is 0 Å². The number of carbonyl (C=O) groups is 1. The Bertz CT molecular complexity index is 925. The fourth-order valence-corrected chi connectivity index (χ4v) is 2.40. The van der Waals surface area contributed by atoms with Crippen molar-refractivity contribution >= 4 is 5.91 Å². The summed E-state index contributed by atoms with van der Waals surface area (Å²) in [6.45, 7) is 3.02. The van der Waals surface area contributed by atoms with Crippen LogP contribution in [-0.2, 0) is 6.54 Å². The van der Waals surface area contributed by atoms with Crippen molar-refractivity contribution in [2.24, 2.45) is 0 Å². The van der Waals surface area contributed by atoms with Crippen molar-refractivity contribution in [3.63, 3.8) is 0 Å².